The summed E-state index contributed by atoms with van der Waals surface area (Å²) in [6.45, 7) is 1.75. The molecule has 0 atom stereocenters. The zero-order valence-corrected chi connectivity index (χ0v) is 21.0. The summed E-state index contributed by atoms with van der Waals surface area (Å²) < 4.78 is 21.7. The standard InChI is InChI=1S/C26H25N5O7/c1-17-10-20(15-35-2)22(12-27)26(29-17)38-16-25(32)30-28-13-19-6-9-23(24(11-19)36-3)37-14-18-4-7-21(8-5-18)31(33)34/h4-11,13H,14-16H2,1-3H3,(H,30,32)/b28-13-. The van der Waals surface area contributed by atoms with Crippen LogP contribution >= 0.6 is 0 Å². The molecule has 12 nitrogen and oxygen atoms in total. The number of methoxy groups -OCH3 is 2. The van der Waals surface area contributed by atoms with Gasteiger partial charge in [0.1, 0.15) is 18.2 Å². The van der Waals surface area contributed by atoms with Gasteiger partial charge in [0.15, 0.2) is 18.1 Å². The number of aromatic nitrogens is 1. The second-order valence-corrected chi connectivity index (χ2v) is 7.85. The number of hydrogen-bond donors (Lipinski definition) is 1. The van der Waals surface area contributed by atoms with E-state index >= 15 is 0 Å². The van der Waals surface area contributed by atoms with Crippen LogP contribution in [0.1, 0.15) is 27.9 Å². The van der Waals surface area contributed by atoms with Crippen molar-refractivity contribution >= 4 is 17.8 Å². The Morgan fingerprint density at radius 2 is 1.89 bits per heavy atom. The highest BCUT2D eigenvalue weighted by Gasteiger charge is 2.14. The minimum absolute atomic E-state index is 0.00332. The summed E-state index contributed by atoms with van der Waals surface area (Å²) >= 11 is 0. The average molecular weight is 520 g/mol. The number of hydrogen-bond acceptors (Lipinski definition) is 10. The van der Waals surface area contributed by atoms with E-state index in [1.54, 1.807) is 43.3 Å². The Labute approximate surface area is 218 Å². The number of nitrogens with one attached hydrogen (secondary N) is 1. The van der Waals surface area contributed by atoms with Crippen LogP contribution in [-0.2, 0) is 22.7 Å². The molecule has 0 spiro atoms. The van der Waals surface area contributed by atoms with Crippen molar-refractivity contribution in [1.29, 1.82) is 5.26 Å². The number of nitrogens with zero attached hydrogens (tertiary/aromatic N) is 4. The van der Waals surface area contributed by atoms with Crippen LogP contribution in [0, 0.1) is 28.4 Å². The predicted molar refractivity (Wildman–Crippen MR) is 136 cm³/mol. The molecule has 1 heterocycles. The van der Waals surface area contributed by atoms with Crippen molar-refractivity contribution in [3.63, 3.8) is 0 Å². The van der Waals surface area contributed by atoms with Crippen LogP contribution in [0.4, 0.5) is 5.69 Å². The Morgan fingerprint density at radius 3 is 2.55 bits per heavy atom. The van der Waals surface area contributed by atoms with Gasteiger partial charge in [0.25, 0.3) is 11.6 Å². The SMILES string of the molecule is COCc1cc(C)nc(OCC(=O)N/N=C\c2ccc(OCc3ccc([N+](=O)[O-])cc3)c(OC)c2)c1C#N. The minimum Gasteiger partial charge on any atom is -0.493 e. The van der Waals surface area contributed by atoms with E-state index < -0.39 is 17.4 Å². The van der Waals surface area contributed by atoms with E-state index in [2.05, 4.69) is 15.5 Å². The maximum absolute atomic E-state index is 12.2. The van der Waals surface area contributed by atoms with Gasteiger partial charge in [0, 0.05) is 30.5 Å². The molecule has 0 saturated carbocycles. The number of rotatable bonds is 12. The Hall–Kier alpha value is -5.02. The van der Waals surface area contributed by atoms with Crippen LogP contribution in [0.25, 0.3) is 0 Å². The van der Waals surface area contributed by atoms with Crippen molar-refractivity contribution in [2.45, 2.75) is 20.1 Å². The molecule has 0 aliphatic rings. The number of nitro groups is 1. The van der Waals surface area contributed by atoms with Gasteiger partial charge in [-0.15, -0.1) is 0 Å². The number of carbonyl (C=O) groups is 1. The second kappa shape index (κ2) is 13.3. The summed E-state index contributed by atoms with van der Waals surface area (Å²) in [6.07, 6.45) is 1.42. The number of benzene rings is 2. The molecule has 12 heteroatoms. The zero-order valence-electron chi connectivity index (χ0n) is 21.0. The van der Waals surface area contributed by atoms with Gasteiger partial charge in [0.2, 0.25) is 5.88 Å². The lowest BCUT2D eigenvalue weighted by Gasteiger charge is -2.11. The molecule has 0 aliphatic heterocycles. The van der Waals surface area contributed by atoms with Crippen LogP contribution in [-0.4, -0.2) is 42.9 Å². The van der Waals surface area contributed by atoms with Gasteiger partial charge in [-0.25, -0.2) is 10.4 Å². The van der Waals surface area contributed by atoms with E-state index in [0.29, 0.717) is 28.3 Å². The highest BCUT2D eigenvalue weighted by atomic mass is 16.6. The van der Waals surface area contributed by atoms with Crippen LogP contribution in [0.2, 0.25) is 0 Å². The van der Waals surface area contributed by atoms with Gasteiger partial charge in [-0.2, -0.15) is 10.4 Å². The summed E-state index contributed by atoms with van der Waals surface area (Å²) in [5, 5.41) is 24.1. The number of nitriles is 1. The second-order valence-electron chi connectivity index (χ2n) is 7.85. The Balaban J connectivity index is 1.56. The molecular weight excluding hydrogens is 494 g/mol. The van der Waals surface area contributed by atoms with Crippen molar-refractivity contribution in [1.82, 2.24) is 10.4 Å². The molecule has 0 aliphatic carbocycles. The Kier molecular flexibility index (Phi) is 9.67. The summed E-state index contributed by atoms with van der Waals surface area (Å²) in [6, 6.07) is 14.9. The van der Waals surface area contributed by atoms with E-state index in [-0.39, 0.29) is 30.3 Å². The number of aryl methyl sites for hydroxylation is 1. The monoisotopic (exact) mass is 519 g/mol. The summed E-state index contributed by atoms with van der Waals surface area (Å²) in [5.41, 5.74) is 5.19. The fraction of sp³-hybridized carbons (Fsp3) is 0.231. The number of carbonyl (C=O) groups excluding carboxylic acids is 1. The number of amides is 1. The van der Waals surface area contributed by atoms with E-state index in [0.717, 1.165) is 5.56 Å². The van der Waals surface area contributed by atoms with Crippen LogP contribution in [0.5, 0.6) is 17.4 Å². The third-order valence-electron chi connectivity index (χ3n) is 5.08. The highest BCUT2D eigenvalue weighted by Crippen LogP contribution is 2.28. The van der Waals surface area contributed by atoms with Crippen LogP contribution in [0.3, 0.4) is 0 Å². The van der Waals surface area contributed by atoms with Crippen LogP contribution < -0.4 is 19.6 Å². The van der Waals surface area contributed by atoms with E-state index in [4.69, 9.17) is 18.9 Å². The van der Waals surface area contributed by atoms with E-state index in [9.17, 15) is 20.2 Å². The van der Waals surface area contributed by atoms with Gasteiger partial charge in [-0.1, -0.05) is 0 Å². The topological polar surface area (TPSA) is 158 Å². The van der Waals surface area contributed by atoms with Crippen LogP contribution in [0.15, 0.2) is 53.6 Å². The lowest BCUT2D eigenvalue weighted by atomic mass is 10.1. The molecule has 2 aromatic carbocycles. The third kappa shape index (κ3) is 7.49. The van der Waals surface area contributed by atoms with E-state index in [1.807, 2.05) is 6.07 Å². The predicted octanol–water partition coefficient (Wildman–Crippen LogP) is 3.43. The molecule has 0 saturated heterocycles. The van der Waals surface area contributed by atoms with Crippen molar-refractivity contribution < 1.29 is 28.7 Å². The molecule has 196 valence electrons. The van der Waals surface area contributed by atoms with Gasteiger partial charge in [-0.3, -0.25) is 14.9 Å². The first-order chi connectivity index (χ1) is 18.3. The molecule has 0 unspecified atom stereocenters. The fourth-order valence-corrected chi connectivity index (χ4v) is 3.31. The van der Waals surface area contributed by atoms with Crippen molar-refractivity contribution in [3.8, 4) is 23.4 Å². The summed E-state index contributed by atoms with van der Waals surface area (Å²) in [4.78, 5) is 26.7. The molecule has 1 N–H and O–H groups in total. The van der Waals surface area contributed by atoms with Crippen molar-refractivity contribution in [2.24, 2.45) is 5.10 Å². The Morgan fingerprint density at radius 1 is 1.13 bits per heavy atom. The molecule has 0 fully saturated rings. The minimum atomic E-state index is -0.545. The summed E-state index contributed by atoms with van der Waals surface area (Å²) in [5.74, 6) is 0.406. The quantitative estimate of drug-likeness (QED) is 0.215. The van der Waals surface area contributed by atoms with Crippen molar-refractivity contribution in [2.75, 3.05) is 20.8 Å². The molecule has 3 rings (SSSR count). The maximum atomic E-state index is 12.2. The molecule has 1 amide bonds. The first-order valence-electron chi connectivity index (χ1n) is 11.2. The molecule has 0 bridgehead atoms. The average Bonchev–Trinajstić information content (AvgIpc) is 2.91. The Bertz CT molecular complexity index is 1370. The lowest BCUT2D eigenvalue weighted by molar-refractivity contribution is -0.384. The zero-order chi connectivity index (χ0) is 27.5. The fourth-order valence-electron chi connectivity index (χ4n) is 3.31. The smallest absolute Gasteiger partial charge is 0.278 e. The third-order valence-corrected chi connectivity index (χ3v) is 5.08. The first-order valence-corrected chi connectivity index (χ1v) is 11.2. The number of ether oxygens (including phenoxy) is 4. The molecule has 3 aromatic rings. The van der Waals surface area contributed by atoms with Crippen molar-refractivity contribution in [3.05, 3.63) is 86.6 Å². The largest absolute Gasteiger partial charge is 0.493 e. The number of nitro benzene ring substituents is 1. The molecular formula is C26H25N5O7. The number of non-ortho nitro benzene ring substituents is 1. The number of hydrazone groups is 1. The van der Waals surface area contributed by atoms with Gasteiger partial charge in [-0.05, 0) is 54.4 Å². The number of pyridine rings is 1. The molecule has 38 heavy (non-hydrogen) atoms. The molecule has 1 aromatic heterocycles. The summed E-state index contributed by atoms with van der Waals surface area (Å²) in [7, 11) is 3.00. The lowest BCUT2D eigenvalue weighted by Crippen LogP contribution is -2.25. The van der Waals surface area contributed by atoms with Gasteiger partial charge in [0.05, 0.1) is 24.9 Å². The van der Waals surface area contributed by atoms with E-state index in [1.165, 1.54) is 32.6 Å². The maximum Gasteiger partial charge on any atom is 0.278 e. The van der Waals surface area contributed by atoms with Gasteiger partial charge < -0.3 is 18.9 Å². The molecule has 0 radical (unpaired) electrons. The first kappa shape index (κ1) is 27.6. The van der Waals surface area contributed by atoms with Gasteiger partial charge >= 0.3 is 0 Å². The normalized spacial score (nSPS) is 10.6. The highest BCUT2D eigenvalue weighted by molar-refractivity contribution is 5.83.